The van der Waals surface area contributed by atoms with Crippen molar-refractivity contribution in [1.82, 2.24) is 9.78 Å². The molecule has 0 unspecified atom stereocenters. The molecule has 0 radical (unpaired) electrons. The van der Waals surface area contributed by atoms with Gasteiger partial charge < -0.3 is 5.11 Å². The van der Waals surface area contributed by atoms with Crippen LogP contribution in [0.4, 0.5) is 0 Å². The van der Waals surface area contributed by atoms with Crippen LogP contribution >= 0.6 is 11.6 Å². The van der Waals surface area contributed by atoms with Crippen LogP contribution in [0.1, 0.15) is 23.0 Å². The van der Waals surface area contributed by atoms with Crippen LogP contribution in [0.5, 0.6) is 0 Å². The fourth-order valence-electron chi connectivity index (χ4n) is 1.01. The standard InChI is InChI=1S/C7H9ClN2O2/c1-3-10-6(8)5(7(11)12)4(2)9-10/h3H2,1-2H3,(H,11,12). The minimum Gasteiger partial charge on any atom is -0.478 e. The Bertz CT molecular complexity index is 319. The maximum absolute atomic E-state index is 10.6. The Morgan fingerprint density at radius 3 is 2.58 bits per heavy atom. The third-order valence-electron chi connectivity index (χ3n) is 1.58. The van der Waals surface area contributed by atoms with Crippen LogP contribution in [-0.2, 0) is 6.54 Å². The summed E-state index contributed by atoms with van der Waals surface area (Å²) < 4.78 is 1.46. The highest BCUT2D eigenvalue weighted by atomic mass is 35.5. The van der Waals surface area contributed by atoms with Crippen molar-refractivity contribution in [2.75, 3.05) is 0 Å². The number of carboxylic acid groups (broad SMARTS) is 1. The lowest BCUT2D eigenvalue weighted by atomic mass is 10.3. The van der Waals surface area contributed by atoms with Crippen LogP contribution in [-0.4, -0.2) is 20.9 Å². The van der Waals surface area contributed by atoms with E-state index in [2.05, 4.69) is 5.10 Å². The molecular weight excluding hydrogens is 180 g/mol. The quantitative estimate of drug-likeness (QED) is 0.767. The highest BCUT2D eigenvalue weighted by Gasteiger charge is 2.18. The van der Waals surface area contributed by atoms with E-state index in [1.54, 1.807) is 6.92 Å². The molecule has 0 atom stereocenters. The summed E-state index contributed by atoms with van der Waals surface area (Å²) in [5.74, 6) is -1.03. The van der Waals surface area contributed by atoms with Gasteiger partial charge in [0.05, 0.1) is 5.69 Å². The molecule has 1 N–H and O–H groups in total. The number of rotatable bonds is 2. The van der Waals surface area contributed by atoms with Gasteiger partial charge in [0.25, 0.3) is 0 Å². The number of aromatic nitrogens is 2. The van der Waals surface area contributed by atoms with E-state index >= 15 is 0 Å². The molecule has 1 heterocycles. The Balaban J connectivity index is 3.28. The first-order valence-electron chi connectivity index (χ1n) is 3.54. The van der Waals surface area contributed by atoms with Crippen molar-refractivity contribution >= 4 is 17.6 Å². The van der Waals surface area contributed by atoms with Crippen molar-refractivity contribution in [3.63, 3.8) is 0 Å². The first kappa shape index (κ1) is 9.06. The molecular formula is C7H9ClN2O2. The Kier molecular flexibility index (Phi) is 2.38. The van der Waals surface area contributed by atoms with Gasteiger partial charge in [-0.05, 0) is 13.8 Å². The largest absolute Gasteiger partial charge is 0.478 e. The Morgan fingerprint density at radius 1 is 1.75 bits per heavy atom. The molecule has 0 bridgehead atoms. The first-order valence-corrected chi connectivity index (χ1v) is 3.92. The minimum absolute atomic E-state index is 0.0958. The molecule has 0 amide bonds. The van der Waals surface area contributed by atoms with Gasteiger partial charge in [0.2, 0.25) is 0 Å². The van der Waals surface area contributed by atoms with E-state index in [-0.39, 0.29) is 10.7 Å². The normalized spacial score (nSPS) is 10.2. The molecule has 0 aliphatic rings. The number of nitrogens with zero attached hydrogens (tertiary/aromatic N) is 2. The number of carbonyl (C=O) groups is 1. The molecule has 4 nitrogen and oxygen atoms in total. The minimum atomic E-state index is -1.03. The molecule has 0 saturated carbocycles. The van der Waals surface area contributed by atoms with Crippen LogP contribution in [0.25, 0.3) is 0 Å². The highest BCUT2D eigenvalue weighted by Crippen LogP contribution is 2.18. The smallest absolute Gasteiger partial charge is 0.340 e. The second-order valence-electron chi connectivity index (χ2n) is 2.37. The van der Waals surface area contributed by atoms with E-state index in [9.17, 15) is 4.79 Å². The van der Waals surface area contributed by atoms with Crippen molar-refractivity contribution in [3.8, 4) is 0 Å². The van der Waals surface area contributed by atoms with Gasteiger partial charge in [-0.3, -0.25) is 4.68 Å². The topological polar surface area (TPSA) is 55.1 Å². The number of aromatic carboxylic acids is 1. The van der Waals surface area contributed by atoms with Gasteiger partial charge >= 0.3 is 5.97 Å². The van der Waals surface area contributed by atoms with E-state index in [4.69, 9.17) is 16.7 Å². The van der Waals surface area contributed by atoms with Gasteiger partial charge in [-0.15, -0.1) is 0 Å². The number of carboxylic acids is 1. The number of hydrogen-bond acceptors (Lipinski definition) is 2. The summed E-state index contributed by atoms with van der Waals surface area (Å²) in [6, 6.07) is 0. The van der Waals surface area contributed by atoms with Gasteiger partial charge in [-0.1, -0.05) is 11.6 Å². The first-order chi connectivity index (χ1) is 5.57. The monoisotopic (exact) mass is 188 g/mol. The lowest BCUT2D eigenvalue weighted by Gasteiger charge is -1.95. The van der Waals surface area contributed by atoms with Crippen molar-refractivity contribution in [2.24, 2.45) is 0 Å². The number of hydrogen-bond donors (Lipinski definition) is 1. The lowest BCUT2D eigenvalue weighted by Crippen LogP contribution is -1.99. The lowest BCUT2D eigenvalue weighted by molar-refractivity contribution is 0.0696. The molecule has 12 heavy (non-hydrogen) atoms. The molecule has 1 aromatic rings. The maximum Gasteiger partial charge on any atom is 0.340 e. The van der Waals surface area contributed by atoms with Crippen LogP contribution in [0.3, 0.4) is 0 Å². The number of halogens is 1. The second-order valence-corrected chi connectivity index (χ2v) is 2.73. The molecule has 0 fully saturated rings. The van der Waals surface area contributed by atoms with Gasteiger partial charge in [0, 0.05) is 6.54 Å². The van der Waals surface area contributed by atoms with Crippen molar-refractivity contribution in [2.45, 2.75) is 20.4 Å². The molecule has 0 spiro atoms. The molecule has 0 aliphatic carbocycles. The third kappa shape index (κ3) is 1.30. The third-order valence-corrected chi connectivity index (χ3v) is 1.96. The van der Waals surface area contributed by atoms with Crippen LogP contribution < -0.4 is 0 Å². The maximum atomic E-state index is 10.6. The summed E-state index contributed by atoms with van der Waals surface area (Å²) >= 11 is 5.74. The Hall–Kier alpha value is -1.03. The fraction of sp³-hybridized carbons (Fsp3) is 0.429. The van der Waals surface area contributed by atoms with E-state index in [1.165, 1.54) is 4.68 Å². The van der Waals surface area contributed by atoms with E-state index < -0.39 is 5.97 Å². The summed E-state index contributed by atoms with van der Waals surface area (Å²) in [4.78, 5) is 10.6. The molecule has 0 aromatic carbocycles. The predicted molar refractivity (Wildman–Crippen MR) is 44.6 cm³/mol. The van der Waals surface area contributed by atoms with Crippen molar-refractivity contribution in [1.29, 1.82) is 0 Å². The summed E-state index contributed by atoms with van der Waals surface area (Å²) in [5, 5.41) is 12.9. The Labute approximate surface area is 74.8 Å². The molecule has 1 aromatic heterocycles. The predicted octanol–water partition coefficient (Wildman–Crippen LogP) is 1.56. The average Bonchev–Trinajstić information content (AvgIpc) is 2.25. The van der Waals surface area contributed by atoms with E-state index in [0.717, 1.165) is 0 Å². The van der Waals surface area contributed by atoms with Crippen molar-refractivity contribution < 1.29 is 9.90 Å². The number of aryl methyl sites for hydroxylation is 2. The summed E-state index contributed by atoms with van der Waals surface area (Å²) in [5.41, 5.74) is 0.549. The second kappa shape index (κ2) is 3.15. The highest BCUT2D eigenvalue weighted by molar-refractivity contribution is 6.32. The molecule has 66 valence electrons. The van der Waals surface area contributed by atoms with Gasteiger partial charge in [0.1, 0.15) is 10.7 Å². The zero-order valence-electron chi connectivity index (χ0n) is 6.83. The fourth-order valence-corrected chi connectivity index (χ4v) is 1.38. The average molecular weight is 189 g/mol. The summed E-state index contributed by atoms with van der Waals surface area (Å²) in [6.45, 7) is 4.05. The zero-order chi connectivity index (χ0) is 9.30. The summed E-state index contributed by atoms with van der Waals surface area (Å²) in [7, 11) is 0. The molecule has 1 rings (SSSR count). The molecule has 0 aliphatic heterocycles. The van der Waals surface area contributed by atoms with Crippen molar-refractivity contribution in [3.05, 3.63) is 16.4 Å². The van der Waals surface area contributed by atoms with Crippen LogP contribution in [0.2, 0.25) is 5.15 Å². The van der Waals surface area contributed by atoms with Crippen LogP contribution in [0.15, 0.2) is 0 Å². The molecule has 0 saturated heterocycles. The SMILES string of the molecule is CCn1nc(C)c(C(=O)O)c1Cl. The Morgan fingerprint density at radius 2 is 2.33 bits per heavy atom. The van der Waals surface area contributed by atoms with Crippen LogP contribution in [0, 0.1) is 6.92 Å². The molecule has 5 heteroatoms. The zero-order valence-corrected chi connectivity index (χ0v) is 7.59. The summed E-state index contributed by atoms with van der Waals surface area (Å²) in [6.07, 6.45) is 0. The van der Waals surface area contributed by atoms with Gasteiger partial charge in [-0.25, -0.2) is 4.79 Å². The van der Waals surface area contributed by atoms with E-state index in [1.807, 2.05) is 6.92 Å². The van der Waals surface area contributed by atoms with E-state index in [0.29, 0.717) is 12.2 Å². The van der Waals surface area contributed by atoms with Gasteiger partial charge in [0.15, 0.2) is 0 Å². The van der Waals surface area contributed by atoms with Gasteiger partial charge in [-0.2, -0.15) is 5.10 Å².